The van der Waals surface area contributed by atoms with Crippen LogP contribution in [0.3, 0.4) is 0 Å². The Bertz CT molecular complexity index is 682. The minimum absolute atomic E-state index is 0.0242. The molecular weight excluding hydrogens is 303 g/mol. The van der Waals surface area contributed by atoms with Gasteiger partial charge in [0.05, 0.1) is 16.8 Å². The van der Waals surface area contributed by atoms with Crippen LogP contribution in [-0.4, -0.2) is 21.6 Å². The molecule has 6 nitrogen and oxygen atoms in total. The fourth-order valence-electron chi connectivity index (χ4n) is 1.42. The van der Waals surface area contributed by atoms with Crippen molar-refractivity contribution in [2.45, 2.75) is 0 Å². The average Bonchev–Trinajstić information content (AvgIpc) is 2.82. The first-order chi connectivity index (χ1) is 9.47. The number of aryl methyl sites for hydroxylation is 1. The number of benzene rings is 1. The maximum absolute atomic E-state index is 11.6. The number of aromatic nitrogens is 2. The molecule has 0 aliphatic heterocycles. The Labute approximate surface area is 124 Å². The molecule has 0 aliphatic rings. The number of nitrogens with two attached hydrogens (primary N) is 1. The predicted molar refractivity (Wildman–Crippen MR) is 75.8 cm³/mol. The number of hydrogen-bond acceptors (Lipinski definition) is 4. The molecule has 0 amide bonds. The molecule has 0 radical (unpaired) electrons. The molecule has 1 heterocycles. The quantitative estimate of drug-likeness (QED) is 0.407. The van der Waals surface area contributed by atoms with E-state index in [0.29, 0.717) is 15.6 Å². The van der Waals surface area contributed by atoms with E-state index < -0.39 is 5.97 Å². The third kappa shape index (κ3) is 3.28. The van der Waals surface area contributed by atoms with E-state index in [4.69, 9.17) is 33.8 Å². The molecule has 0 atom stereocenters. The summed E-state index contributed by atoms with van der Waals surface area (Å²) in [6.07, 6.45) is 2.87. The van der Waals surface area contributed by atoms with E-state index in [9.17, 15) is 4.79 Å². The van der Waals surface area contributed by atoms with Crippen molar-refractivity contribution in [3.63, 3.8) is 0 Å². The van der Waals surface area contributed by atoms with Crippen LogP contribution in [0.2, 0.25) is 10.0 Å². The standard InChI is InChI=1S/C12H10Cl2N4O2/c1-18-6-7(5-16-18)12(19)20-17-11(15)9-3-2-8(13)4-10(9)14/h2-6H,1H3,(H2,15,17). The fourth-order valence-corrected chi connectivity index (χ4v) is 1.92. The van der Waals surface area contributed by atoms with Gasteiger partial charge in [-0.3, -0.25) is 4.68 Å². The first-order valence-electron chi connectivity index (χ1n) is 5.46. The Morgan fingerprint density at radius 1 is 1.45 bits per heavy atom. The third-order valence-corrected chi connectivity index (χ3v) is 2.92. The lowest BCUT2D eigenvalue weighted by atomic mass is 10.2. The molecule has 0 unspecified atom stereocenters. The van der Waals surface area contributed by atoms with Crippen molar-refractivity contribution in [2.24, 2.45) is 17.9 Å². The first kappa shape index (κ1) is 14.4. The molecule has 2 N–H and O–H groups in total. The van der Waals surface area contributed by atoms with Crippen LogP contribution in [0.15, 0.2) is 35.7 Å². The zero-order chi connectivity index (χ0) is 14.7. The largest absolute Gasteiger partial charge is 0.380 e. The molecule has 20 heavy (non-hydrogen) atoms. The van der Waals surface area contributed by atoms with Crippen LogP contribution in [0.1, 0.15) is 15.9 Å². The SMILES string of the molecule is Cn1cc(C(=O)O/N=C(\N)c2ccc(Cl)cc2Cl)cn1. The monoisotopic (exact) mass is 312 g/mol. The number of carbonyl (C=O) groups excluding carboxylic acids is 1. The summed E-state index contributed by atoms with van der Waals surface area (Å²) in [5.74, 6) is -0.685. The summed E-state index contributed by atoms with van der Waals surface area (Å²) >= 11 is 11.7. The number of rotatable bonds is 3. The predicted octanol–water partition coefficient (Wildman–Crippen LogP) is 2.20. The van der Waals surface area contributed by atoms with Crippen molar-refractivity contribution in [1.82, 2.24) is 9.78 Å². The normalized spacial score (nSPS) is 11.4. The average molecular weight is 313 g/mol. The first-order valence-corrected chi connectivity index (χ1v) is 6.22. The molecule has 0 aliphatic carbocycles. The minimum Gasteiger partial charge on any atom is -0.380 e. The van der Waals surface area contributed by atoms with Crippen molar-refractivity contribution < 1.29 is 9.63 Å². The molecular formula is C12H10Cl2N4O2. The van der Waals surface area contributed by atoms with Crippen molar-refractivity contribution in [3.05, 3.63) is 51.8 Å². The highest BCUT2D eigenvalue weighted by atomic mass is 35.5. The molecule has 104 valence electrons. The molecule has 2 aromatic rings. The van der Waals surface area contributed by atoms with E-state index >= 15 is 0 Å². The highest BCUT2D eigenvalue weighted by Crippen LogP contribution is 2.20. The smallest absolute Gasteiger partial charge is 0.368 e. The number of amidine groups is 1. The van der Waals surface area contributed by atoms with Crippen LogP contribution in [0, 0.1) is 0 Å². The second-order valence-electron chi connectivity index (χ2n) is 3.88. The molecule has 1 aromatic heterocycles. The topological polar surface area (TPSA) is 82.5 Å². The van der Waals surface area contributed by atoms with Gasteiger partial charge in [0, 0.05) is 23.8 Å². The maximum Gasteiger partial charge on any atom is 0.368 e. The van der Waals surface area contributed by atoms with Crippen molar-refractivity contribution >= 4 is 35.0 Å². The van der Waals surface area contributed by atoms with Crippen molar-refractivity contribution in [3.8, 4) is 0 Å². The highest BCUT2D eigenvalue weighted by molar-refractivity contribution is 6.36. The van der Waals surface area contributed by atoms with Crippen molar-refractivity contribution in [2.75, 3.05) is 0 Å². The second kappa shape index (κ2) is 5.94. The number of hydrogen-bond donors (Lipinski definition) is 1. The van der Waals surface area contributed by atoms with Gasteiger partial charge in [-0.15, -0.1) is 0 Å². The number of oxime groups is 1. The van der Waals surface area contributed by atoms with Crippen LogP contribution in [0.5, 0.6) is 0 Å². The number of carbonyl (C=O) groups is 1. The lowest BCUT2D eigenvalue weighted by Gasteiger charge is -2.03. The Kier molecular flexibility index (Phi) is 4.26. The Hall–Kier alpha value is -2.05. The van der Waals surface area contributed by atoms with E-state index in [1.54, 1.807) is 19.2 Å². The van der Waals surface area contributed by atoms with Gasteiger partial charge in [-0.25, -0.2) is 4.79 Å². The van der Waals surface area contributed by atoms with Gasteiger partial charge in [0.15, 0.2) is 5.84 Å². The van der Waals surface area contributed by atoms with Crippen LogP contribution in [0.4, 0.5) is 0 Å². The van der Waals surface area contributed by atoms with Gasteiger partial charge < -0.3 is 10.6 Å². The Morgan fingerprint density at radius 3 is 2.80 bits per heavy atom. The van der Waals surface area contributed by atoms with Gasteiger partial charge in [0.1, 0.15) is 0 Å². The molecule has 0 bridgehead atoms. The molecule has 0 fully saturated rings. The lowest BCUT2D eigenvalue weighted by Crippen LogP contribution is -2.15. The van der Waals surface area contributed by atoms with Crippen molar-refractivity contribution in [1.29, 1.82) is 0 Å². The summed E-state index contributed by atoms with van der Waals surface area (Å²) in [5, 5.41) is 8.19. The van der Waals surface area contributed by atoms with E-state index in [0.717, 1.165) is 0 Å². The summed E-state index contributed by atoms with van der Waals surface area (Å²) in [5.41, 5.74) is 6.40. The molecule has 2 rings (SSSR count). The zero-order valence-electron chi connectivity index (χ0n) is 10.4. The van der Waals surface area contributed by atoms with E-state index in [-0.39, 0.29) is 11.4 Å². The van der Waals surface area contributed by atoms with Crippen LogP contribution < -0.4 is 5.73 Å². The fraction of sp³-hybridized carbons (Fsp3) is 0.0833. The number of nitrogens with zero attached hydrogens (tertiary/aromatic N) is 3. The van der Waals surface area contributed by atoms with Gasteiger partial charge in [0.25, 0.3) is 0 Å². The van der Waals surface area contributed by atoms with E-state index in [1.165, 1.54) is 23.1 Å². The summed E-state index contributed by atoms with van der Waals surface area (Å²) in [4.78, 5) is 16.4. The highest BCUT2D eigenvalue weighted by Gasteiger charge is 2.11. The van der Waals surface area contributed by atoms with Gasteiger partial charge >= 0.3 is 5.97 Å². The molecule has 0 spiro atoms. The maximum atomic E-state index is 11.6. The number of halogens is 2. The Morgan fingerprint density at radius 2 is 2.20 bits per heavy atom. The summed E-state index contributed by atoms with van der Waals surface area (Å²) < 4.78 is 1.47. The molecule has 0 saturated heterocycles. The third-order valence-electron chi connectivity index (χ3n) is 2.37. The van der Waals surface area contributed by atoms with Gasteiger partial charge in [-0.1, -0.05) is 28.4 Å². The van der Waals surface area contributed by atoms with E-state index in [1.807, 2.05) is 0 Å². The molecule has 1 aromatic carbocycles. The molecule has 8 heteroatoms. The van der Waals surface area contributed by atoms with Crippen LogP contribution >= 0.6 is 23.2 Å². The van der Waals surface area contributed by atoms with Gasteiger partial charge in [0.2, 0.25) is 0 Å². The Balaban J connectivity index is 2.13. The zero-order valence-corrected chi connectivity index (χ0v) is 11.9. The second-order valence-corrected chi connectivity index (χ2v) is 4.73. The summed E-state index contributed by atoms with van der Waals surface area (Å²) in [7, 11) is 1.68. The van der Waals surface area contributed by atoms with Gasteiger partial charge in [-0.05, 0) is 18.2 Å². The summed E-state index contributed by atoms with van der Waals surface area (Å²) in [6, 6.07) is 4.71. The lowest BCUT2D eigenvalue weighted by molar-refractivity contribution is 0.0516. The molecule has 0 saturated carbocycles. The minimum atomic E-state index is -0.661. The van der Waals surface area contributed by atoms with Crippen LogP contribution in [-0.2, 0) is 11.9 Å². The summed E-state index contributed by atoms with van der Waals surface area (Å²) in [6.45, 7) is 0. The van der Waals surface area contributed by atoms with Crippen LogP contribution in [0.25, 0.3) is 0 Å². The van der Waals surface area contributed by atoms with E-state index in [2.05, 4.69) is 10.3 Å². The van der Waals surface area contributed by atoms with Gasteiger partial charge in [-0.2, -0.15) is 5.10 Å².